The summed E-state index contributed by atoms with van der Waals surface area (Å²) in [6.07, 6.45) is 0. The monoisotopic (exact) mass is 252 g/mol. The Morgan fingerprint density at radius 2 is 2.33 bits per heavy atom. The predicted molar refractivity (Wildman–Crippen MR) is 67.5 cm³/mol. The number of carbonyl (C=O) groups excluding carboxylic acids is 1. The van der Waals surface area contributed by atoms with Crippen LogP contribution in [0.15, 0.2) is 10.5 Å². The van der Waals surface area contributed by atoms with Crippen molar-refractivity contribution in [3.05, 3.63) is 23.2 Å². The molecule has 5 heteroatoms. The van der Waals surface area contributed by atoms with E-state index in [0.29, 0.717) is 11.8 Å². The zero-order valence-corrected chi connectivity index (χ0v) is 11.2. The molecular formula is C13H20N2O3. The lowest BCUT2D eigenvalue weighted by atomic mass is 10.1. The average molecular weight is 252 g/mol. The van der Waals surface area contributed by atoms with Crippen molar-refractivity contribution < 1.29 is 13.9 Å². The summed E-state index contributed by atoms with van der Waals surface area (Å²) in [7, 11) is 1.36. The standard InChI is InChI=1S/C13H20N2O3/c1-4-15(10-6-14-7-10)8-11-5-9(2)12(18-11)13(16)17-3/h5,10,14H,4,6-8H2,1-3H3. The molecule has 1 aliphatic rings. The molecule has 1 aromatic heterocycles. The van der Waals surface area contributed by atoms with Crippen molar-refractivity contribution in [1.82, 2.24) is 10.2 Å². The van der Waals surface area contributed by atoms with E-state index in [9.17, 15) is 4.79 Å². The summed E-state index contributed by atoms with van der Waals surface area (Å²) in [4.78, 5) is 13.8. The number of nitrogens with zero attached hydrogens (tertiary/aromatic N) is 1. The third-order valence-corrected chi connectivity index (χ3v) is 3.38. The van der Waals surface area contributed by atoms with Crippen LogP contribution in [0.3, 0.4) is 0 Å². The first kappa shape index (κ1) is 13.1. The second-order valence-electron chi connectivity index (χ2n) is 4.59. The van der Waals surface area contributed by atoms with E-state index in [1.54, 1.807) is 0 Å². The quantitative estimate of drug-likeness (QED) is 0.797. The Hall–Kier alpha value is -1.33. The van der Waals surface area contributed by atoms with Gasteiger partial charge in [0.05, 0.1) is 13.7 Å². The van der Waals surface area contributed by atoms with Crippen molar-refractivity contribution in [2.75, 3.05) is 26.7 Å². The molecule has 1 aromatic rings. The summed E-state index contributed by atoms with van der Waals surface area (Å²) >= 11 is 0. The van der Waals surface area contributed by atoms with Gasteiger partial charge in [-0.05, 0) is 19.5 Å². The fourth-order valence-corrected chi connectivity index (χ4v) is 2.15. The highest BCUT2D eigenvalue weighted by Gasteiger charge is 2.25. The van der Waals surface area contributed by atoms with Crippen molar-refractivity contribution in [2.24, 2.45) is 0 Å². The maximum Gasteiger partial charge on any atom is 0.374 e. The van der Waals surface area contributed by atoms with Crippen molar-refractivity contribution in [1.29, 1.82) is 0 Å². The largest absolute Gasteiger partial charge is 0.463 e. The summed E-state index contributed by atoms with van der Waals surface area (Å²) in [6, 6.07) is 2.49. The van der Waals surface area contributed by atoms with E-state index in [0.717, 1.165) is 37.5 Å². The van der Waals surface area contributed by atoms with E-state index in [2.05, 4.69) is 21.9 Å². The van der Waals surface area contributed by atoms with Crippen molar-refractivity contribution in [2.45, 2.75) is 26.4 Å². The van der Waals surface area contributed by atoms with Gasteiger partial charge in [0.2, 0.25) is 5.76 Å². The van der Waals surface area contributed by atoms with Crippen molar-refractivity contribution >= 4 is 5.97 Å². The minimum absolute atomic E-state index is 0.315. The first-order valence-electron chi connectivity index (χ1n) is 6.28. The first-order valence-corrected chi connectivity index (χ1v) is 6.28. The molecule has 1 fully saturated rings. The molecule has 0 atom stereocenters. The lowest BCUT2D eigenvalue weighted by molar-refractivity contribution is 0.0557. The van der Waals surface area contributed by atoms with Gasteiger partial charge in [0.15, 0.2) is 0 Å². The average Bonchev–Trinajstić information content (AvgIpc) is 2.66. The van der Waals surface area contributed by atoms with E-state index in [-0.39, 0.29) is 0 Å². The molecule has 0 radical (unpaired) electrons. The van der Waals surface area contributed by atoms with Crippen LogP contribution < -0.4 is 5.32 Å². The normalized spacial score (nSPS) is 15.8. The number of esters is 1. The van der Waals surface area contributed by atoms with E-state index < -0.39 is 5.97 Å². The number of ether oxygens (including phenoxy) is 1. The van der Waals surface area contributed by atoms with Crippen molar-refractivity contribution in [3.8, 4) is 0 Å². The van der Waals surface area contributed by atoms with Gasteiger partial charge in [-0.15, -0.1) is 0 Å². The Morgan fingerprint density at radius 3 is 2.83 bits per heavy atom. The summed E-state index contributed by atoms with van der Waals surface area (Å²) in [6.45, 7) is 7.75. The molecule has 0 bridgehead atoms. The van der Waals surface area contributed by atoms with Gasteiger partial charge in [-0.2, -0.15) is 0 Å². The molecule has 1 N–H and O–H groups in total. The Bertz CT molecular complexity index is 424. The molecule has 1 aliphatic heterocycles. The van der Waals surface area contributed by atoms with E-state index in [1.807, 2.05) is 13.0 Å². The van der Waals surface area contributed by atoms with E-state index in [1.165, 1.54) is 7.11 Å². The van der Waals surface area contributed by atoms with Gasteiger partial charge in [0, 0.05) is 24.7 Å². The Balaban J connectivity index is 2.06. The van der Waals surface area contributed by atoms with Crippen LogP contribution in [0.1, 0.15) is 28.8 Å². The van der Waals surface area contributed by atoms with Crippen LogP contribution in [-0.2, 0) is 11.3 Å². The van der Waals surface area contributed by atoms with Crippen LogP contribution >= 0.6 is 0 Å². The topological polar surface area (TPSA) is 54.7 Å². The molecule has 2 heterocycles. The van der Waals surface area contributed by atoms with Crippen LogP contribution in [0.2, 0.25) is 0 Å². The highest BCUT2D eigenvalue weighted by molar-refractivity contribution is 5.87. The van der Waals surface area contributed by atoms with Crippen LogP contribution in [0.5, 0.6) is 0 Å². The summed E-state index contributed by atoms with van der Waals surface area (Å²) in [5, 5.41) is 3.26. The fraction of sp³-hybridized carbons (Fsp3) is 0.615. The number of methoxy groups -OCH3 is 1. The SMILES string of the molecule is CCN(Cc1cc(C)c(C(=O)OC)o1)C1CNC1. The second kappa shape index (κ2) is 5.54. The van der Waals surface area contributed by atoms with Gasteiger partial charge in [-0.3, -0.25) is 4.90 Å². The Kier molecular flexibility index (Phi) is 4.04. The van der Waals surface area contributed by atoms with Crippen LogP contribution in [0, 0.1) is 6.92 Å². The molecule has 2 rings (SSSR count). The maximum atomic E-state index is 11.5. The number of nitrogens with one attached hydrogen (secondary N) is 1. The number of hydrogen-bond donors (Lipinski definition) is 1. The number of aryl methyl sites for hydroxylation is 1. The number of carbonyl (C=O) groups is 1. The molecule has 0 spiro atoms. The number of furan rings is 1. The zero-order valence-electron chi connectivity index (χ0n) is 11.2. The van der Waals surface area contributed by atoms with E-state index in [4.69, 9.17) is 4.42 Å². The molecule has 100 valence electrons. The number of rotatable bonds is 5. The maximum absolute atomic E-state index is 11.5. The first-order chi connectivity index (χ1) is 8.65. The van der Waals surface area contributed by atoms with Gasteiger partial charge < -0.3 is 14.5 Å². The number of hydrogen-bond acceptors (Lipinski definition) is 5. The fourth-order valence-electron chi connectivity index (χ4n) is 2.15. The molecule has 0 unspecified atom stereocenters. The van der Waals surface area contributed by atoms with Crippen LogP contribution in [0.4, 0.5) is 0 Å². The molecule has 1 saturated heterocycles. The summed E-state index contributed by atoms with van der Waals surface area (Å²) in [5.41, 5.74) is 0.833. The molecule has 0 aromatic carbocycles. The minimum Gasteiger partial charge on any atom is -0.463 e. The van der Waals surface area contributed by atoms with Gasteiger partial charge >= 0.3 is 5.97 Å². The van der Waals surface area contributed by atoms with Crippen LogP contribution in [0.25, 0.3) is 0 Å². The highest BCUT2D eigenvalue weighted by atomic mass is 16.5. The molecular weight excluding hydrogens is 232 g/mol. The molecule has 5 nitrogen and oxygen atoms in total. The molecule has 18 heavy (non-hydrogen) atoms. The van der Waals surface area contributed by atoms with Gasteiger partial charge in [0.25, 0.3) is 0 Å². The van der Waals surface area contributed by atoms with Gasteiger partial charge in [-0.25, -0.2) is 4.79 Å². The number of likely N-dealkylation sites (N-methyl/N-ethyl adjacent to an activating group) is 1. The second-order valence-corrected chi connectivity index (χ2v) is 4.59. The summed E-state index contributed by atoms with van der Waals surface area (Å²) < 4.78 is 10.3. The molecule has 0 aliphatic carbocycles. The minimum atomic E-state index is -0.410. The van der Waals surface area contributed by atoms with Gasteiger partial charge in [-0.1, -0.05) is 6.92 Å². The van der Waals surface area contributed by atoms with Crippen molar-refractivity contribution in [3.63, 3.8) is 0 Å². The summed E-state index contributed by atoms with van der Waals surface area (Å²) in [5.74, 6) is 0.726. The molecule has 0 saturated carbocycles. The van der Waals surface area contributed by atoms with E-state index >= 15 is 0 Å². The lowest BCUT2D eigenvalue weighted by Gasteiger charge is -2.37. The predicted octanol–water partition coefficient (Wildman–Crippen LogP) is 1.17. The lowest BCUT2D eigenvalue weighted by Crippen LogP contribution is -2.56. The zero-order chi connectivity index (χ0) is 13.1. The smallest absolute Gasteiger partial charge is 0.374 e. The Labute approximate surface area is 107 Å². The Morgan fingerprint density at radius 1 is 1.61 bits per heavy atom. The van der Waals surface area contributed by atoms with Crippen LogP contribution in [-0.4, -0.2) is 43.7 Å². The molecule has 0 amide bonds. The van der Waals surface area contributed by atoms with Gasteiger partial charge in [0.1, 0.15) is 5.76 Å². The third kappa shape index (κ3) is 2.57. The highest BCUT2D eigenvalue weighted by Crippen LogP contribution is 2.18. The third-order valence-electron chi connectivity index (χ3n) is 3.38.